The molecule has 2 aliphatic carbocycles. The van der Waals surface area contributed by atoms with Crippen molar-refractivity contribution in [3.8, 4) is 5.75 Å². The van der Waals surface area contributed by atoms with Crippen molar-refractivity contribution in [1.82, 2.24) is 0 Å². The number of rotatable bonds is 1. The second-order valence-electron chi connectivity index (χ2n) is 5.42. The Morgan fingerprint density at radius 2 is 2.15 bits per heavy atom. The number of nitrogens with zero attached hydrogens (tertiary/aromatic N) is 1. The Labute approximate surface area is 114 Å². The lowest BCUT2D eigenvalue weighted by molar-refractivity contribution is -0.419. The standard InChI is InChI=1S/C15H11NO4/c17-13-10-5-1-2-6-11(10)20-14-12(13)15(14)7-3-4-9(8-15)16(18)19/h1-6,8,12,14H,7H2/t12-,14+,15?/m0/s1. The van der Waals surface area contributed by atoms with Gasteiger partial charge in [-0.3, -0.25) is 14.9 Å². The molecule has 0 radical (unpaired) electrons. The van der Waals surface area contributed by atoms with Crippen molar-refractivity contribution < 1.29 is 14.5 Å². The van der Waals surface area contributed by atoms with Gasteiger partial charge in [0, 0.05) is 12.2 Å². The van der Waals surface area contributed by atoms with E-state index in [0.29, 0.717) is 17.7 Å². The number of benzene rings is 1. The van der Waals surface area contributed by atoms with Gasteiger partial charge in [0.15, 0.2) is 5.78 Å². The first-order valence-electron chi connectivity index (χ1n) is 6.47. The van der Waals surface area contributed by atoms with Crippen molar-refractivity contribution in [2.45, 2.75) is 12.5 Å². The molecule has 0 N–H and O–H groups in total. The molecule has 3 aliphatic rings. The minimum Gasteiger partial charge on any atom is -0.488 e. The van der Waals surface area contributed by atoms with E-state index in [1.54, 1.807) is 30.4 Å². The number of hydrogen-bond donors (Lipinski definition) is 0. The lowest BCUT2D eigenvalue weighted by Gasteiger charge is -2.15. The van der Waals surface area contributed by atoms with E-state index < -0.39 is 10.3 Å². The van der Waals surface area contributed by atoms with Crippen molar-refractivity contribution in [1.29, 1.82) is 0 Å². The highest BCUT2D eigenvalue weighted by Crippen LogP contribution is 2.63. The third-order valence-electron chi connectivity index (χ3n) is 4.38. The van der Waals surface area contributed by atoms with Gasteiger partial charge in [-0.15, -0.1) is 0 Å². The normalized spacial score (nSPS) is 33.0. The van der Waals surface area contributed by atoms with Crippen LogP contribution in [0.5, 0.6) is 5.75 Å². The molecule has 0 saturated heterocycles. The molecule has 100 valence electrons. The van der Waals surface area contributed by atoms with E-state index in [-0.39, 0.29) is 23.5 Å². The number of para-hydroxylation sites is 1. The molecule has 1 aromatic rings. The zero-order valence-corrected chi connectivity index (χ0v) is 10.5. The number of carbonyl (C=O) groups is 1. The fraction of sp³-hybridized carbons (Fsp3) is 0.267. The molecule has 5 heteroatoms. The van der Waals surface area contributed by atoms with Gasteiger partial charge < -0.3 is 4.74 Å². The maximum absolute atomic E-state index is 12.5. The average Bonchev–Trinajstić information content (AvgIpc) is 3.05. The number of fused-ring (bicyclic) bond motifs is 4. The van der Waals surface area contributed by atoms with E-state index in [9.17, 15) is 14.9 Å². The zero-order valence-electron chi connectivity index (χ0n) is 10.5. The molecule has 0 amide bonds. The third-order valence-corrected chi connectivity index (χ3v) is 4.38. The van der Waals surface area contributed by atoms with Gasteiger partial charge in [0.2, 0.25) is 0 Å². The summed E-state index contributed by atoms with van der Waals surface area (Å²) >= 11 is 0. The molecule has 1 heterocycles. The Hall–Kier alpha value is -2.43. The number of carbonyl (C=O) groups excluding carboxylic acids is 1. The van der Waals surface area contributed by atoms with Crippen LogP contribution in [0, 0.1) is 21.4 Å². The van der Waals surface area contributed by atoms with Crippen LogP contribution in [0.3, 0.4) is 0 Å². The molecular weight excluding hydrogens is 258 g/mol. The summed E-state index contributed by atoms with van der Waals surface area (Å²) in [6.07, 6.45) is 5.20. The first-order chi connectivity index (χ1) is 9.63. The van der Waals surface area contributed by atoms with Gasteiger partial charge in [-0.2, -0.15) is 0 Å². The summed E-state index contributed by atoms with van der Waals surface area (Å²) in [5, 5.41) is 10.9. The monoisotopic (exact) mass is 269 g/mol. The summed E-state index contributed by atoms with van der Waals surface area (Å²) in [5.74, 6) is 0.324. The number of nitro groups is 1. The summed E-state index contributed by atoms with van der Waals surface area (Å²) in [4.78, 5) is 23.0. The van der Waals surface area contributed by atoms with E-state index in [4.69, 9.17) is 4.74 Å². The number of hydrogen-bond acceptors (Lipinski definition) is 4. The first kappa shape index (κ1) is 11.4. The molecule has 1 spiro atoms. The molecule has 5 nitrogen and oxygen atoms in total. The van der Waals surface area contributed by atoms with E-state index in [2.05, 4.69) is 0 Å². The van der Waals surface area contributed by atoms with Gasteiger partial charge >= 0.3 is 0 Å². The van der Waals surface area contributed by atoms with Gasteiger partial charge in [-0.1, -0.05) is 18.2 Å². The summed E-state index contributed by atoms with van der Waals surface area (Å²) in [6, 6.07) is 7.14. The quantitative estimate of drug-likeness (QED) is 0.579. The maximum atomic E-state index is 12.5. The van der Waals surface area contributed by atoms with Crippen molar-refractivity contribution in [2.75, 3.05) is 0 Å². The number of ketones is 1. The van der Waals surface area contributed by atoms with E-state index in [1.165, 1.54) is 6.08 Å². The molecule has 1 aliphatic heterocycles. The predicted molar refractivity (Wildman–Crippen MR) is 69.9 cm³/mol. The van der Waals surface area contributed by atoms with Crippen molar-refractivity contribution in [3.05, 3.63) is 63.9 Å². The minimum atomic E-state index is -0.534. The van der Waals surface area contributed by atoms with Crippen LogP contribution in [0.1, 0.15) is 16.8 Å². The zero-order chi connectivity index (χ0) is 13.9. The lowest BCUT2D eigenvalue weighted by Crippen LogP contribution is -2.16. The highest BCUT2D eigenvalue weighted by Gasteiger charge is 2.71. The smallest absolute Gasteiger partial charge is 0.265 e. The fourth-order valence-electron chi connectivity index (χ4n) is 3.35. The van der Waals surface area contributed by atoms with Crippen LogP contribution in [-0.2, 0) is 0 Å². The van der Waals surface area contributed by atoms with Gasteiger partial charge in [-0.25, -0.2) is 0 Å². The summed E-state index contributed by atoms with van der Waals surface area (Å²) in [6.45, 7) is 0. The second kappa shape index (κ2) is 3.56. The van der Waals surface area contributed by atoms with Crippen LogP contribution >= 0.6 is 0 Å². The largest absolute Gasteiger partial charge is 0.488 e. The summed E-state index contributed by atoms with van der Waals surface area (Å²) in [5.41, 5.74) is 0.0927. The maximum Gasteiger partial charge on any atom is 0.265 e. The van der Waals surface area contributed by atoms with Gasteiger partial charge in [0.05, 0.1) is 21.8 Å². The molecule has 3 atom stereocenters. The van der Waals surface area contributed by atoms with Crippen molar-refractivity contribution >= 4 is 5.78 Å². The molecule has 0 bridgehead atoms. The van der Waals surface area contributed by atoms with Crippen molar-refractivity contribution in [2.24, 2.45) is 11.3 Å². The Balaban J connectivity index is 1.76. The lowest BCUT2D eigenvalue weighted by atomic mass is 9.91. The predicted octanol–water partition coefficient (Wildman–Crippen LogP) is 2.37. The van der Waals surface area contributed by atoms with Crippen LogP contribution in [0.15, 0.2) is 48.2 Å². The van der Waals surface area contributed by atoms with Gasteiger partial charge in [0.25, 0.3) is 5.70 Å². The second-order valence-corrected chi connectivity index (χ2v) is 5.42. The first-order valence-corrected chi connectivity index (χ1v) is 6.47. The third kappa shape index (κ3) is 1.29. The van der Waals surface area contributed by atoms with E-state index in [1.807, 2.05) is 6.07 Å². The van der Waals surface area contributed by atoms with Crippen LogP contribution in [0.2, 0.25) is 0 Å². The molecular formula is C15H11NO4. The molecule has 0 aromatic heterocycles. The van der Waals surface area contributed by atoms with E-state index in [0.717, 1.165) is 0 Å². The number of Topliss-reactive ketones (excluding diaryl/α,β-unsaturated/α-hetero) is 1. The SMILES string of the molecule is O=C1c2ccccc2O[C@@H]2[C@H]1C21C=C([N+](=O)[O-])C=CC1. The highest BCUT2D eigenvalue weighted by atomic mass is 16.6. The Morgan fingerprint density at radius 1 is 1.35 bits per heavy atom. The van der Waals surface area contributed by atoms with Crippen LogP contribution in [-0.4, -0.2) is 16.8 Å². The Kier molecular flexibility index (Phi) is 2.03. The molecule has 1 unspecified atom stereocenters. The topological polar surface area (TPSA) is 69.4 Å². The Bertz CT molecular complexity index is 706. The Morgan fingerprint density at radius 3 is 2.95 bits per heavy atom. The minimum absolute atomic E-state index is 0.0334. The molecule has 1 saturated carbocycles. The fourth-order valence-corrected chi connectivity index (χ4v) is 3.35. The van der Waals surface area contributed by atoms with Gasteiger partial charge in [-0.05, 0) is 18.6 Å². The van der Waals surface area contributed by atoms with Crippen LogP contribution in [0.25, 0.3) is 0 Å². The number of ether oxygens (including phenoxy) is 1. The average molecular weight is 269 g/mol. The molecule has 4 rings (SSSR count). The number of allylic oxidation sites excluding steroid dienone is 2. The molecule has 1 aromatic carbocycles. The van der Waals surface area contributed by atoms with Gasteiger partial charge in [0.1, 0.15) is 11.9 Å². The summed E-state index contributed by atoms with van der Waals surface area (Å²) in [7, 11) is 0. The summed E-state index contributed by atoms with van der Waals surface area (Å²) < 4.78 is 5.88. The molecule has 20 heavy (non-hydrogen) atoms. The highest BCUT2D eigenvalue weighted by molar-refractivity contribution is 6.05. The van der Waals surface area contributed by atoms with Crippen LogP contribution in [0.4, 0.5) is 0 Å². The van der Waals surface area contributed by atoms with Crippen LogP contribution < -0.4 is 4.74 Å². The van der Waals surface area contributed by atoms with E-state index >= 15 is 0 Å². The van der Waals surface area contributed by atoms with Crippen molar-refractivity contribution in [3.63, 3.8) is 0 Å². The molecule has 1 fully saturated rings.